The van der Waals surface area contributed by atoms with Crippen LogP contribution in [-0.2, 0) is 0 Å². The summed E-state index contributed by atoms with van der Waals surface area (Å²) < 4.78 is 0. The summed E-state index contributed by atoms with van der Waals surface area (Å²) in [6.07, 6.45) is 4.09. The Bertz CT molecular complexity index is 826. The summed E-state index contributed by atoms with van der Waals surface area (Å²) in [5, 5.41) is 5.06. The highest BCUT2D eigenvalue weighted by Crippen LogP contribution is 2.61. The van der Waals surface area contributed by atoms with E-state index in [1.807, 2.05) is 0 Å². The minimum atomic E-state index is -0.0542. The van der Waals surface area contributed by atoms with Crippen LogP contribution in [0, 0.1) is 23.2 Å². The van der Waals surface area contributed by atoms with E-state index >= 15 is 0 Å². The first-order valence-corrected chi connectivity index (χ1v) is 9.31. The molecule has 2 N–H and O–H groups in total. The van der Waals surface area contributed by atoms with Gasteiger partial charge in [0.05, 0.1) is 10.6 Å². The van der Waals surface area contributed by atoms with Gasteiger partial charge < -0.3 is 10.3 Å². The number of hydrogen-bond acceptors (Lipinski definition) is 1. The molecule has 24 heavy (non-hydrogen) atoms. The number of nitrogens with one attached hydrogen (secondary N) is 2. The molecule has 0 radical (unpaired) electrons. The van der Waals surface area contributed by atoms with E-state index in [2.05, 4.69) is 31.1 Å². The number of amides is 1. The number of aromatic nitrogens is 1. The highest BCUT2D eigenvalue weighted by molar-refractivity contribution is 6.39. The number of benzene rings is 1. The van der Waals surface area contributed by atoms with E-state index in [-0.39, 0.29) is 11.9 Å². The maximum Gasteiger partial charge on any atom is 0.253 e. The van der Waals surface area contributed by atoms with Crippen molar-refractivity contribution in [1.29, 1.82) is 0 Å². The fraction of sp³-hybridized carbons (Fsp3) is 0.526. The third kappa shape index (κ3) is 2.28. The van der Waals surface area contributed by atoms with Crippen LogP contribution < -0.4 is 5.32 Å². The molecule has 3 aliphatic carbocycles. The predicted octanol–water partition coefficient (Wildman–Crippen LogP) is 5.28. The van der Waals surface area contributed by atoms with Crippen molar-refractivity contribution in [3.63, 3.8) is 0 Å². The van der Waals surface area contributed by atoms with Crippen LogP contribution in [0.1, 0.15) is 44.0 Å². The van der Waals surface area contributed by atoms with E-state index in [1.165, 1.54) is 6.42 Å². The summed E-state index contributed by atoms with van der Waals surface area (Å²) in [5.74, 6) is 1.87. The number of rotatable bonds is 2. The van der Waals surface area contributed by atoms with E-state index in [0.717, 1.165) is 23.2 Å². The van der Waals surface area contributed by atoms with Crippen LogP contribution in [0.4, 0.5) is 0 Å². The maximum absolute atomic E-state index is 12.8. The van der Waals surface area contributed by atoms with Gasteiger partial charge in [-0.1, -0.05) is 44.0 Å². The molecular formula is C19H22Cl2N2O. The van der Waals surface area contributed by atoms with Gasteiger partial charge in [0.2, 0.25) is 0 Å². The third-order valence-electron chi connectivity index (χ3n) is 6.61. The molecule has 1 amide bonds. The minimum Gasteiger partial charge on any atom is -0.360 e. The Kier molecular flexibility index (Phi) is 3.67. The van der Waals surface area contributed by atoms with Crippen LogP contribution in [0.2, 0.25) is 10.0 Å². The molecule has 3 nitrogen and oxygen atoms in total. The van der Waals surface area contributed by atoms with E-state index in [1.54, 1.807) is 18.3 Å². The smallest absolute Gasteiger partial charge is 0.253 e. The molecule has 1 aromatic heterocycles. The number of carbonyl (C=O) groups excluding carboxylic acids is 1. The first-order chi connectivity index (χ1) is 11.3. The molecule has 0 aliphatic heterocycles. The van der Waals surface area contributed by atoms with Gasteiger partial charge >= 0.3 is 0 Å². The fourth-order valence-corrected chi connectivity index (χ4v) is 5.54. The van der Waals surface area contributed by atoms with Gasteiger partial charge in [-0.2, -0.15) is 0 Å². The van der Waals surface area contributed by atoms with Crippen LogP contribution in [0.25, 0.3) is 10.9 Å². The highest BCUT2D eigenvalue weighted by Gasteiger charge is 2.56. The molecule has 5 heteroatoms. The van der Waals surface area contributed by atoms with Gasteiger partial charge in [0, 0.05) is 28.2 Å². The molecule has 5 rings (SSSR count). The zero-order valence-corrected chi connectivity index (χ0v) is 15.6. The Balaban J connectivity index is 1.58. The molecule has 3 saturated carbocycles. The van der Waals surface area contributed by atoms with Crippen molar-refractivity contribution in [3.05, 3.63) is 33.9 Å². The van der Waals surface area contributed by atoms with Gasteiger partial charge in [0.25, 0.3) is 5.91 Å². The lowest BCUT2D eigenvalue weighted by Crippen LogP contribution is -2.60. The van der Waals surface area contributed by atoms with Crippen molar-refractivity contribution >= 4 is 40.0 Å². The molecule has 4 atom stereocenters. The number of hydrogen-bond donors (Lipinski definition) is 2. The maximum atomic E-state index is 12.8. The Morgan fingerprint density at radius 1 is 1.29 bits per heavy atom. The zero-order chi connectivity index (χ0) is 17.2. The second-order valence-electron chi connectivity index (χ2n) is 8.05. The topological polar surface area (TPSA) is 44.9 Å². The molecule has 0 spiro atoms. The summed E-state index contributed by atoms with van der Waals surface area (Å²) in [7, 11) is 0. The molecule has 2 aromatic rings. The van der Waals surface area contributed by atoms with Gasteiger partial charge in [0.1, 0.15) is 0 Å². The van der Waals surface area contributed by atoms with E-state index in [9.17, 15) is 4.79 Å². The van der Waals surface area contributed by atoms with E-state index < -0.39 is 0 Å². The largest absolute Gasteiger partial charge is 0.360 e. The summed E-state index contributed by atoms with van der Waals surface area (Å²) >= 11 is 12.3. The molecule has 0 saturated heterocycles. The Labute approximate surface area is 152 Å². The second kappa shape index (κ2) is 5.40. The molecule has 0 unspecified atom stereocenters. The normalized spacial score (nSPS) is 30.9. The van der Waals surface area contributed by atoms with E-state index in [0.29, 0.717) is 32.9 Å². The van der Waals surface area contributed by atoms with Crippen LogP contribution in [0.5, 0.6) is 0 Å². The third-order valence-corrected chi connectivity index (χ3v) is 7.13. The number of H-pyrrole nitrogens is 1. The molecule has 2 bridgehead atoms. The van der Waals surface area contributed by atoms with Gasteiger partial charge in [-0.3, -0.25) is 4.79 Å². The highest BCUT2D eigenvalue weighted by atomic mass is 35.5. The lowest BCUT2D eigenvalue weighted by molar-refractivity contribution is -0.113. The number of aromatic amines is 1. The van der Waals surface area contributed by atoms with Gasteiger partial charge in [0.15, 0.2) is 0 Å². The lowest BCUT2D eigenvalue weighted by Gasteiger charge is -2.62. The molecule has 128 valence electrons. The summed E-state index contributed by atoms with van der Waals surface area (Å²) in [5.41, 5.74) is 1.80. The number of halogens is 2. The van der Waals surface area contributed by atoms with Crippen molar-refractivity contribution in [2.24, 2.45) is 23.2 Å². The number of fused-ring (bicyclic) bond motifs is 3. The lowest BCUT2D eigenvalue weighted by atomic mass is 9.45. The SMILES string of the molecule is C[C@@H]1[C@@H](NC(=O)c2c[nH]c3cc(Cl)cc(Cl)c23)C[C@H]2C[C@@H]1C2(C)C. The van der Waals surface area contributed by atoms with Gasteiger partial charge in [-0.05, 0) is 48.1 Å². The zero-order valence-electron chi connectivity index (χ0n) is 14.1. The van der Waals surface area contributed by atoms with Crippen molar-refractivity contribution in [3.8, 4) is 0 Å². The quantitative estimate of drug-likeness (QED) is 0.748. The van der Waals surface area contributed by atoms with Crippen LogP contribution in [0.15, 0.2) is 18.3 Å². The first-order valence-electron chi connectivity index (χ1n) is 8.56. The van der Waals surface area contributed by atoms with Gasteiger partial charge in [-0.25, -0.2) is 0 Å². The average Bonchev–Trinajstić information content (AvgIpc) is 2.92. The van der Waals surface area contributed by atoms with Crippen molar-refractivity contribution in [2.45, 2.75) is 39.7 Å². The summed E-state index contributed by atoms with van der Waals surface area (Å²) in [6, 6.07) is 3.71. The Morgan fingerprint density at radius 2 is 2.04 bits per heavy atom. The molecule has 1 heterocycles. The Hall–Kier alpha value is -1.19. The van der Waals surface area contributed by atoms with Crippen LogP contribution in [-0.4, -0.2) is 16.9 Å². The van der Waals surface area contributed by atoms with E-state index in [4.69, 9.17) is 23.2 Å². The Morgan fingerprint density at radius 3 is 2.71 bits per heavy atom. The first kappa shape index (κ1) is 16.3. The minimum absolute atomic E-state index is 0.0542. The predicted molar refractivity (Wildman–Crippen MR) is 98.7 cm³/mol. The summed E-state index contributed by atoms with van der Waals surface area (Å²) in [4.78, 5) is 15.9. The fourth-order valence-electron chi connectivity index (χ4n) is 4.95. The monoisotopic (exact) mass is 364 g/mol. The number of carbonyl (C=O) groups is 1. The van der Waals surface area contributed by atoms with Crippen LogP contribution in [0.3, 0.4) is 0 Å². The van der Waals surface area contributed by atoms with Crippen molar-refractivity contribution < 1.29 is 4.79 Å². The van der Waals surface area contributed by atoms with Crippen molar-refractivity contribution in [1.82, 2.24) is 10.3 Å². The van der Waals surface area contributed by atoms with Crippen molar-refractivity contribution in [2.75, 3.05) is 0 Å². The molecule has 3 aliphatic rings. The molecule has 3 fully saturated rings. The van der Waals surface area contributed by atoms with Crippen LogP contribution >= 0.6 is 23.2 Å². The molecule has 1 aromatic carbocycles. The standard InChI is InChI=1S/C19H22Cl2N2O/c1-9-13-4-10(19(13,2)3)5-15(9)23-18(24)12-8-22-16-7-11(20)6-14(21)17(12)16/h6-10,13,15,22H,4-5H2,1-3H3,(H,23,24)/t9-,10+,13-,15-/m0/s1. The second-order valence-corrected chi connectivity index (χ2v) is 8.89. The average molecular weight is 365 g/mol. The van der Waals surface area contributed by atoms with Gasteiger partial charge in [-0.15, -0.1) is 0 Å². The molecular weight excluding hydrogens is 343 g/mol. The summed E-state index contributed by atoms with van der Waals surface area (Å²) in [6.45, 7) is 7.00.